The van der Waals surface area contributed by atoms with Gasteiger partial charge in [-0.15, -0.1) is 0 Å². The maximum Gasteiger partial charge on any atom is 0.186 e. The Balaban J connectivity index is 1.68. The molecule has 0 fully saturated rings. The van der Waals surface area contributed by atoms with Crippen molar-refractivity contribution in [3.8, 4) is 0 Å². The Hall–Kier alpha value is -2.02. The summed E-state index contributed by atoms with van der Waals surface area (Å²) in [5, 5.41) is 5.30. The fourth-order valence-electron chi connectivity index (χ4n) is 2.57. The molecular weight excluding hydrogens is 426 g/mol. The number of halogens is 1. The van der Waals surface area contributed by atoms with E-state index in [1.54, 1.807) is 10.8 Å². The van der Waals surface area contributed by atoms with Crippen LogP contribution in [-0.4, -0.2) is 10.3 Å². The molecule has 0 bridgehead atoms. The Labute approximate surface area is 166 Å². The predicted molar refractivity (Wildman–Crippen MR) is 122 cm³/mol. The monoisotopic (exact) mass is 441 g/mol. The maximum atomic E-state index is 4.89. The average Bonchev–Trinajstić information content (AvgIpc) is 3.04. The van der Waals surface area contributed by atoms with Crippen LogP contribution in [0.2, 0.25) is 0 Å². The van der Waals surface area contributed by atoms with Gasteiger partial charge in [0.05, 0.1) is 0 Å². The van der Waals surface area contributed by atoms with E-state index in [4.69, 9.17) is 4.99 Å². The number of anilines is 3. The van der Waals surface area contributed by atoms with E-state index < -0.39 is 0 Å². The van der Waals surface area contributed by atoms with Crippen LogP contribution in [0.15, 0.2) is 96.0 Å². The van der Waals surface area contributed by atoms with E-state index in [0.29, 0.717) is 0 Å². The van der Waals surface area contributed by atoms with Crippen molar-refractivity contribution in [2.24, 2.45) is 4.99 Å². The highest BCUT2D eigenvalue weighted by molar-refractivity contribution is 9.65. The van der Waals surface area contributed by atoms with Crippen LogP contribution in [0.5, 0.6) is 0 Å². The minimum atomic E-state index is -0.220. The fourth-order valence-corrected chi connectivity index (χ4v) is 6.33. The van der Waals surface area contributed by atoms with Gasteiger partial charge in [0.15, 0.2) is 10.3 Å². The van der Waals surface area contributed by atoms with Crippen LogP contribution in [0.25, 0.3) is 0 Å². The third-order valence-electron chi connectivity index (χ3n) is 3.74. The molecule has 3 nitrogen and oxygen atoms in total. The number of para-hydroxylation sites is 3. The molecule has 3 aromatic rings. The van der Waals surface area contributed by atoms with Crippen molar-refractivity contribution < 1.29 is 0 Å². The van der Waals surface area contributed by atoms with Crippen molar-refractivity contribution in [1.29, 1.82) is 0 Å². The second-order valence-corrected chi connectivity index (χ2v) is 11.6. The van der Waals surface area contributed by atoms with Gasteiger partial charge >= 0.3 is 0 Å². The molecule has 3 aromatic carbocycles. The Morgan fingerprint density at radius 3 is 1.81 bits per heavy atom. The lowest BCUT2D eigenvalue weighted by Crippen LogP contribution is -2.22. The van der Waals surface area contributed by atoms with E-state index >= 15 is 0 Å². The minimum Gasteiger partial charge on any atom is -0.334 e. The first-order valence-corrected chi connectivity index (χ1v) is 12.5. The highest BCUT2D eigenvalue weighted by Crippen LogP contribution is 2.47. The lowest BCUT2D eigenvalue weighted by Gasteiger charge is -2.23. The van der Waals surface area contributed by atoms with Crippen LogP contribution in [0.1, 0.15) is 0 Å². The minimum absolute atomic E-state index is 0.220. The Morgan fingerprint density at radius 2 is 1.27 bits per heavy atom. The summed E-state index contributed by atoms with van der Waals surface area (Å²) in [5.41, 5.74) is 3.22. The van der Waals surface area contributed by atoms with Gasteiger partial charge in [0, 0.05) is 17.1 Å². The number of nitrogens with one attached hydrogen (secondary N) is 1. The van der Waals surface area contributed by atoms with Crippen LogP contribution < -0.4 is 10.2 Å². The Morgan fingerprint density at radius 1 is 0.769 bits per heavy atom. The second-order valence-electron chi connectivity index (χ2n) is 5.50. The van der Waals surface area contributed by atoms with Gasteiger partial charge in [-0.25, -0.2) is 0 Å². The first-order chi connectivity index (χ1) is 12.8. The lowest BCUT2D eigenvalue weighted by molar-refractivity contribution is 1.36. The summed E-state index contributed by atoms with van der Waals surface area (Å²) in [4.78, 5) is 7.08. The van der Waals surface area contributed by atoms with Gasteiger partial charge in [-0.05, 0) is 70.0 Å². The molecule has 130 valence electrons. The number of aliphatic imine (C=N–C) groups is 1. The van der Waals surface area contributed by atoms with Crippen molar-refractivity contribution >= 4 is 60.9 Å². The Kier molecular flexibility index (Phi) is 5.43. The average molecular weight is 442 g/mol. The molecule has 1 N–H and O–H groups in total. The van der Waals surface area contributed by atoms with E-state index in [9.17, 15) is 0 Å². The van der Waals surface area contributed by atoms with Gasteiger partial charge in [0.25, 0.3) is 0 Å². The number of hydrogen-bond donors (Lipinski definition) is 1. The molecular formula is C20H16BrN3S2. The summed E-state index contributed by atoms with van der Waals surface area (Å²) in [6.07, 6.45) is 0. The van der Waals surface area contributed by atoms with Gasteiger partial charge in [0.1, 0.15) is 0 Å². The maximum absolute atomic E-state index is 4.89. The van der Waals surface area contributed by atoms with Crippen LogP contribution >= 0.6 is 33.6 Å². The second kappa shape index (κ2) is 8.12. The van der Waals surface area contributed by atoms with Crippen LogP contribution in [-0.2, 0) is 0 Å². The molecule has 0 aliphatic carbocycles. The Bertz CT molecular complexity index is 905. The molecule has 1 atom stereocenters. The first-order valence-electron chi connectivity index (χ1n) is 8.08. The quantitative estimate of drug-likeness (QED) is 0.365. The summed E-state index contributed by atoms with van der Waals surface area (Å²) in [6.45, 7) is 0. The SMILES string of the molecule is BrS1=C(Nc2ccccc2)N=C(N(c2ccccc2)c2ccccc2)S1. The summed E-state index contributed by atoms with van der Waals surface area (Å²) in [6, 6.07) is 30.8. The third-order valence-corrected chi connectivity index (χ3v) is 8.28. The standard InChI is InChI=1S/C20H16BrN3S2/c21-26-19(22-16-10-4-1-5-11-16)23-20(25-26)24(17-12-6-2-7-13-17)18-14-8-3-9-15-18/h1-15,22H. The molecule has 0 spiro atoms. The molecule has 1 aliphatic rings. The van der Waals surface area contributed by atoms with Gasteiger partial charge in [0.2, 0.25) is 0 Å². The van der Waals surface area contributed by atoms with Gasteiger partial charge in [-0.2, -0.15) is 4.99 Å². The van der Waals surface area contributed by atoms with Crippen molar-refractivity contribution in [1.82, 2.24) is 0 Å². The molecule has 0 saturated carbocycles. The molecule has 0 saturated heterocycles. The van der Waals surface area contributed by atoms with Gasteiger partial charge < -0.3 is 5.32 Å². The highest BCUT2D eigenvalue weighted by Gasteiger charge is 2.24. The van der Waals surface area contributed by atoms with E-state index in [0.717, 1.165) is 27.3 Å². The predicted octanol–water partition coefficient (Wildman–Crippen LogP) is 6.62. The molecule has 1 heterocycles. The van der Waals surface area contributed by atoms with E-state index in [1.807, 2.05) is 66.7 Å². The molecule has 6 heteroatoms. The molecule has 1 unspecified atom stereocenters. The molecule has 0 radical (unpaired) electrons. The molecule has 0 aromatic heterocycles. The largest absolute Gasteiger partial charge is 0.334 e. The lowest BCUT2D eigenvalue weighted by atomic mass is 10.2. The van der Waals surface area contributed by atoms with Crippen molar-refractivity contribution in [3.05, 3.63) is 91.0 Å². The first kappa shape index (κ1) is 17.4. The van der Waals surface area contributed by atoms with Crippen molar-refractivity contribution in [2.75, 3.05) is 10.2 Å². The summed E-state index contributed by atoms with van der Waals surface area (Å²) in [5.74, 6) is 0. The number of hydrogen-bond acceptors (Lipinski definition) is 4. The van der Waals surface area contributed by atoms with Crippen molar-refractivity contribution in [3.63, 3.8) is 0 Å². The number of amidine groups is 1. The fraction of sp³-hybridized carbons (Fsp3) is 0. The molecule has 26 heavy (non-hydrogen) atoms. The zero-order valence-electron chi connectivity index (χ0n) is 13.7. The number of nitrogens with zero attached hydrogens (tertiary/aromatic N) is 2. The summed E-state index contributed by atoms with van der Waals surface area (Å²) < 4.78 is 0. The van der Waals surface area contributed by atoms with Crippen LogP contribution in [0.4, 0.5) is 17.1 Å². The summed E-state index contributed by atoms with van der Waals surface area (Å²) in [7, 11) is 1.49. The molecule has 0 amide bonds. The normalized spacial score (nSPS) is 16.3. The third kappa shape index (κ3) is 3.87. The van der Waals surface area contributed by atoms with Gasteiger partial charge in [-0.3, -0.25) is 4.90 Å². The topological polar surface area (TPSA) is 27.6 Å². The van der Waals surface area contributed by atoms with Crippen LogP contribution in [0.3, 0.4) is 0 Å². The van der Waals surface area contributed by atoms with Crippen molar-refractivity contribution in [2.45, 2.75) is 0 Å². The van der Waals surface area contributed by atoms with E-state index in [1.165, 1.54) is 0 Å². The molecule has 4 rings (SSSR count). The highest BCUT2D eigenvalue weighted by atomic mass is 79.9. The van der Waals surface area contributed by atoms with E-state index in [2.05, 4.69) is 49.3 Å². The smallest absolute Gasteiger partial charge is 0.186 e. The number of rotatable bonds is 3. The molecule has 1 aliphatic heterocycles. The zero-order chi connectivity index (χ0) is 17.8. The zero-order valence-corrected chi connectivity index (χ0v) is 17.0. The number of benzene rings is 3. The van der Waals surface area contributed by atoms with E-state index in [-0.39, 0.29) is 7.95 Å². The summed E-state index contributed by atoms with van der Waals surface area (Å²) >= 11 is 3.77. The van der Waals surface area contributed by atoms with Crippen LogP contribution in [0, 0.1) is 0 Å². The van der Waals surface area contributed by atoms with Gasteiger partial charge in [-0.1, -0.05) is 54.6 Å².